The number of thioether (sulfide) groups is 1. The van der Waals surface area contributed by atoms with Crippen LogP contribution in [0.25, 0.3) is 0 Å². The second-order valence-corrected chi connectivity index (χ2v) is 6.19. The Morgan fingerprint density at radius 1 is 1.19 bits per heavy atom. The summed E-state index contributed by atoms with van der Waals surface area (Å²) >= 11 is 6.57. The molecule has 0 saturated heterocycles. The molecule has 0 aliphatic carbocycles. The van der Waals surface area contributed by atoms with Gasteiger partial charge in [0, 0.05) is 11.4 Å². The molecule has 116 valence electrons. The van der Waals surface area contributed by atoms with Crippen molar-refractivity contribution in [1.29, 1.82) is 0 Å². The lowest BCUT2D eigenvalue weighted by Crippen LogP contribution is -2.47. The summed E-state index contributed by atoms with van der Waals surface area (Å²) in [5.74, 6) is 0.257. The first-order valence-electron chi connectivity index (χ1n) is 7.14. The molecule has 0 unspecified atom stereocenters. The Labute approximate surface area is 136 Å². The molecule has 0 saturated carbocycles. The van der Waals surface area contributed by atoms with Crippen molar-refractivity contribution in [3.63, 3.8) is 0 Å². The fraction of sp³-hybridized carbons (Fsp3) is 0.467. The number of hydrogen-bond donors (Lipinski definition) is 3. The lowest BCUT2D eigenvalue weighted by atomic mass is 10.2. The number of thiocarbonyl (C=S) groups is 1. The minimum absolute atomic E-state index is 0.0988. The summed E-state index contributed by atoms with van der Waals surface area (Å²) in [7, 11) is 0. The Balaban J connectivity index is 2.13. The summed E-state index contributed by atoms with van der Waals surface area (Å²) in [6.45, 7) is 5.02. The van der Waals surface area contributed by atoms with Crippen LogP contribution in [0.15, 0.2) is 29.2 Å². The van der Waals surface area contributed by atoms with Crippen LogP contribution < -0.4 is 16.2 Å². The topological polar surface area (TPSA) is 53.2 Å². The van der Waals surface area contributed by atoms with Crippen molar-refractivity contribution >= 4 is 35.0 Å². The quantitative estimate of drug-likeness (QED) is 0.311. The Kier molecular flexibility index (Phi) is 8.85. The molecule has 0 aliphatic heterocycles. The zero-order chi connectivity index (χ0) is 15.5. The molecule has 0 aliphatic rings. The second-order valence-electron chi connectivity index (χ2n) is 4.74. The van der Waals surface area contributed by atoms with Gasteiger partial charge in [0.05, 0.1) is 5.75 Å². The molecule has 6 heteroatoms. The van der Waals surface area contributed by atoms with Gasteiger partial charge in [-0.1, -0.05) is 37.5 Å². The van der Waals surface area contributed by atoms with Crippen LogP contribution in [-0.4, -0.2) is 23.3 Å². The molecule has 0 heterocycles. The van der Waals surface area contributed by atoms with Crippen molar-refractivity contribution in [1.82, 2.24) is 16.2 Å². The van der Waals surface area contributed by atoms with E-state index in [4.69, 9.17) is 12.2 Å². The number of hydrazine groups is 1. The van der Waals surface area contributed by atoms with Crippen LogP contribution in [0.3, 0.4) is 0 Å². The minimum Gasteiger partial charge on any atom is -0.361 e. The predicted molar refractivity (Wildman–Crippen MR) is 93.3 cm³/mol. The summed E-state index contributed by atoms with van der Waals surface area (Å²) in [5, 5.41) is 3.51. The molecule has 0 spiro atoms. The zero-order valence-corrected chi connectivity index (χ0v) is 14.2. The minimum atomic E-state index is -0.0988. The highest BCUT2D eigenvalue weighted by molar-refractivity contribution is 8.00. The van der Waals surface area contributed by atoms with Gasteiger partial charge < -0.3 is 5.32 Å². The Morgan fingerprint density at radius 2 is 1.90 bits per heavy atom. The van der Waals surface area contributed by atoms with Gasteiger partial charge in [0.25, 0.3) is 0 Å². The summed E-state index contributed by atoms with van der Waals surface area (Å²) in [4.78, 5) is 12.8. The second kappa shape index (κ2) is 10.5. The highest BCUT2D eigenvalue weighted by atomic mass is 32.2. The number of carbonyl (C=O) groups is 1. The van der Waals surface area contributed by atoms with E-state index in [9.17, 15) is 4.79 Å². The van der Waals surface area contributed by atoms with Crippen LogP contribution in [-0.2, 0) is 4.79 Å². The van der Waals surface area contributed by atoms with E-state index in [0.717, 1.165) is 17.9 Å². The molecule has 0 atom stereocenters. The monoisotopic (exact) mass is 325 g/mol. The number of carbonyl (C=O) groups excluding carboxylic acids is 1. The van der Waals surface area contributed by atoms with Gasteiger partial charge in [0.1, 0.15) is 0 Å². The highest BCUT2D eigenvalue weighted by Gasteiger charge is 2.03. The van der Waals surface area contributed by atoms with Crippen molar-refractivity contribution in [3.8, 4) is 0 Å². The molecule has 1 rings (SSSR count). The van der Waals surface area contributed by atoms with E-state index >= 15 is 0 Å². The molecular formula is C15H23N3OS2. The highest BCUT2D eigenvalue weighted by Crippen LogP contribution is 2.17. The van der Waals surface area contributed by atoms with E-state index in [1.807, 2.05) is 31.2 Å². The van der Waals surface area contributed by atoms with Gasteiger partial charge in [-0.3, -0.25) is 15.6 Å². The molecule has 21 heavy (non-hydrogen) atoms. The number of amides is 1. The van der Waals surface area contributed by atoms with Crippen LogP contribution in [0.4, 0.5) is 0 Å². The van der Waals surface area contributed by atoms with Gasteiger partial charge in [0.15, 0.2) is 5.11 Å². The number of benzene rings is 1. The standard InChI is InChI=1S/C15H23N3OS2/c1-3-4-5-10-16-15(20)18-17-14(19)11-21-13-8-6-12(2)7-9-13/h6-9H,3-5,10-11H2,1-2H3,(H,17,19)(H2,16,18,20). The van der Waals surface area contributed by atoms with Crippen LogP contribution in [0, 0.1) is 6.92 Å². The molecule has 0 fully saturated rings. The van der Waals surface area contributed by atoms with E-state index in [0.29, 0.717) is 10.9 Å². The molecule has 1 amide bonds. The number of rotatable bonds is 7. The summed E-state index contributed by atoms with van der Waals surface area (Å²) in [5.41, 5.74) is 6.52. The van der Waals surface area contributed by atoms with Crippen molar-refractivity contribution in [2.45, 2.75) is 38.0 Å². The molecule has 1 aromatic carbocycles. The zero-order valence-electron chi connectivity index (χ0n) is 12.6. The van der Waals surface area contributed by atoms with E-state index in [-0.39, 0.29) is 5.91 Å². The van der Waals surface area contributed by atoms with Gasteiger partial charge in [-0.05, 0) is 37.7 Å². The lowest BCUT2D eigenvalue weighted by Gasteiger charge is -2.11. The van der Waals surface area contributed by atoms with Crippen molar-refractivity contribution < 1.29 is 4.79 Å². The van der Waals surface area contributed by atoms with E-state index in [1.54, 1.807) is 0 Å². The largest absolute Gasteiger partial charge is 0.361 e. The number of nitrogens with one attached hydrogen (secondary N) is 3. The van der Waals surface area contributed by atoms with Gasteiger partial charge >= 0.3 is 0 Å². The molecule has 4 nitrogen and oxygen atoms in total. The first-order chi connectivity index (χ1) is 10.1. The first kappa shape index (κ1) is 17.8. The summed E-state index contributed by atoms with van der Waals surface area (Å²) in [6, 6.07) is 8.10. The van der Waals surface area contributed by atoms with Crippen LogP contribution in [0.2, 0.25) is 0 Å². The molecule has 3 N–H and O–H groups in total. The maximum absolute atomic E-state index is 11.7. The first-order valence-corrected chi connectivity index (χ1v) is 8.53. The maximum atomic E-state index is 11.7. The number of unbranched alkanes of at least 4 members (excludes halogenated alkanes) is 2. The molecule has 0 radical (unpaired) electrons. The molecular weight excluding hydrogens is 302 g/mol. The lowest BCUT2D eigenvalue weighted by molar-refractivity contribution is -0.119. The van der Waals surface area contributed by atoms with E-state index in [2.05, 4.69) is 23.1 Å². The van der Waals surface area contributed by atoms with Crippen LogP contribution >= 0.6 is 24.0 Å². The fourth-order valence-corrected chi connectivity index (χ4v) is 2.42. The van der Waals surface area contributed by atoms with Crippen molar-refractivity contribution in [2.24, 2.45) is 0 Å². The van der Waals surface area contributed by atoms with E-state index in [1.165, 1.54) is 30.2 Å². The average molecular weight is 326 g/mol. The Morgan fingerprint density at radius 3 is 2.57 bits per heavy atom. The third kappa shape index (κ3) is 8.57. The van der Waals surface area contributed by atoms with Crippen LogP contribution in [0.5, 0.6) is 0 Å². The van der Waals surface area contributed by atoms with Gasteiger partial charge in [0.2, 0.25) is 5.91 Å². The van der Waals surface area contributed by atoms with Crippen molar-refractivity contribution in [3.05, 3.63) is 29.8 Å². The van der Waals surface area contributed by atoms with Crippen molar-refractivity contribution in [2.75, 3.05) is 12.3 Å². The predicted octanol–water partition coefficient (Wildman–Crippen LogP) is 2.77. The molecule has 1 aromatic rings. The third-order valence-electron chi connectivity index (χ3n) is 2.77. The summed E-state index contributed by atoms with van der Waals surface area (Å²) < 4.78 is 0. The third-order valence-corrected chi connectivity index (χ3v) is 4.03. The molecule has 0 bridgehead atoms. The summed E-state index contributed by atoms with van der Waals surface area (Å²) in [6.07, 6.45) is 3.43. The number of aryl methyl sites for hydroxylation is 1. The van der Waals surface area contributed by atoms with Gasteiger partial charge in [-0.2, -0.15) is 0 Å². The fourth-order valence-electron chi connectivity index (χ4n) is 1.57. The number of hydrogen-bond acceptors (Lipinski definition) is 3. The normalized spacial score (nSPS) is 10.0. The van der Waals surface area contributed by atoms with Gasteiger partial charge in [-0.15, -0.1) is 11.8 Å². The maximum Gasteiger partial charge on any atom is 0.248 e. The SMILES string of the molecule is CCCCCNC(=S)NNC(=O)CSc1ccc(C)cc1. The van der Waals surface area contributed by atoms with Gasteiger partial charge in [-0.25, -0.2) is 0 Å². The van der Waals surface area contributed by atoms with E-state index < -0.39 is 0 Å². The smallest absolute Gasteiger partial charge is 0.248 e. The Bertz CT molecular complexity index is 449. The Hall–Kier alpha value is -1.27. The van der Waals surface area contributed by atoms with Crippen LogP contribution in [0.1, 0.15) is 31.7 Å². The average Bonchev–Trinajstić information content (AvgIpc) is 2.49. The molecule has 0 aromatic heterocycles.